The number of hydrogen-bond acceptors (Lipinski definition) is 1. The quantitative estimate of drug-likeness (QED) is 0.683. The summed E-state index contributed by atoms with van der Waals surface area (Å²) in [5.41, 5.74) is 0. The van der Waals surface area contributed by atoms with Crippen molar-refractivity contribution in [2.75, 3.05) is 6.54 Å². The van der Waals surface area contributed by atoms with Crippen molar-refractivity contribution in [3.63, 3.8) is 0 Å². The van der Waals surface area contributed by atoms with Crippen molar-refractivity contribution < 1.29 is 0 Å². The Balaban J connectivity index is 2.53. The monoisotopic (exact) mass is 253 g/mol. The van der Waals surface area contributed by atoms with Crippen LogP contribution in [0.3, 0.4) is 0 Å². The number of rotatable bonds is 7. The van der Waals surface area contributed by atoms with Crippen molar-refractivity contribution in [2.45, 2.75) is 79.2 Å². The molecule has 4 unspecified atom stereocenters. The molecule has 0 amide bonds. The van der Waals surface area contributed by atoms with Crippen LogP contribution in [0.15, 0.2) is 0 Å². The van der Waals surface area contributed by atoms with Gasteiger partial charge in [0.2, 0.25) is 0 Å². The molecular weight excluding hydrogens is 218 g/mol. The van der Waals surface area contributed by atoms with Gasteiger partial charge in [-0.05, 0) is 43.1 Å². The number of nitrogens with one attached hydrogen (secondary N) is 1. The standard InChI is InChI=1S/C17H35N/c1-6-8-15-9-10-16(12-18-13(3)4)17(11-15)14(5)7-2/h13-18H,6-12H2,1-5H3. The zero-order chi connectivity index (χ0) is 13.5. The summed E-state index contributed by atoms with van der Waals surface area (Å²) in [7, 11) is 0. The van der Waals surface area contributed by atoms with Gasteiger partial charge in [-0.15, -0.1) is 0 Å². The molecule has 18 heavy (non-hydrogen) atoms. The Morgan fingerprint density at radius 1 is 1.11 bits per heavy atom. The zero-order valence-electron chi connectivity index (χ0n) is 13.3. The molecule has 108 valence electrons. The van der Waals surface area contributed by atoms with E-state index in [9.17, 15) is 0 Å². The predicted octanol–water partition coefficient (Wildman–Crippen LogP) is 4.86. The summed E-state index contributed by atoms with van der Waals surface area (Å²) in [6.45, 7) is 12.9. The molecule has 0 saturated heterocycles. The topological polar surface area (TPSA) is 12.0 Å². The van der Waals surface area contributed by atoms with Crippen LogP contribution in [-0.4, -0.2) is 12.6 Å². The summed E-state index contributed by atoms with van der Waals surface area (Å²) in [6, 6.07) is 0.635. The van der Waals surface area contributed by atoms with Crippen LogP contribution in [0.25, 0.3) is 0 Å². The van der Waals surface area contributed by atoms with Crippen molar-refractivity contribution >= 4 is 0 Å². The summed E-state index contributed by atoms with van der Waals surface area (Å²) >= 11 is 0. The highest BCUT2D eigenvalue weighted by molar-refractivity contribution is 4.84. The maximum atomic E-state index is 3.67. The highest BCUT2D eigenvalue weighted by atomic mass is 14.9. The normalized spacial score (nSPS) is 30.7. The van der Waals surface area contributed by atoms with E-state index in [0.29, 0.717) is 6.04 Å². The van der Waals surface area contributed by atoms with E-state index >= 15 is 0 Å². The van der Waals surface area contributed by atoms with Gasteiger partial charge >= 0.3 is 0 Å². The van der Waals surface area contributed by atoms with Crippen molar-refractivity contribution in [3.8, 4) is 0 Å². The molecule has 0 aromatic rings. The van der Waals surface area contributed by atoms with E-state index in [1.807, 2.05) is 0 Å². The lowest BCUT2D eigenvalue weighted by Crippen LogP contribution is -2.38. The van der Waals surface area contributed by atoms with Crippen LogP contribution >= 0.6 is 0 Å². The minimum absolute atomic E-state index is 0.635. The zero-order valence-corrected chi connectivity index (χ0v) is 13.3. The molecule has 0 heterocycles. The van der Waals surface area contributed by atoms with Gasteiger partial charge in [0.1, 0.15) is 0 Å². The van der Waals surface area contributed by atoms with Crippen molar-refractivity contribution in [3.05, 3.63) is 0 Å². The molecule has 0 aromatic heterocycles. The summed E-state index contributed by atoms with van der Waals surface area (Å²) in [4.78, 5) is 0. The lowest BCUT2D eigenvalue weighted by Gasteiger charge is -2.40. The molecule has 0 aliphatic heterocycles. The van der Waals surface area contributed by atoms with E-state index in [4.69, 9.17) is 0 Å². The van der Waals surface area contributed by atoms with Crippen molar-refractivity contribution in [2.24, 2.45) is 23.7 Å². The van der Waals surface area contributed by atoms with Crippen LogP contribution in [-0.2, 0) is 0 Å². The molecule has 4 atom stereocenters. The Kier molecular flexibility index (Phi) is 7.29. The molecule has 1 nitrogen and oxygen atoms in total. The van der Waals surface area contributed by atoms with Gasteiger partial charge in [-0.1, -0.05) is 60.3 Å². The van der Waals surface area contributed by atoms with E-state index in [-0.39, 0.29) is 0 Å². The van der Waals surface area contributed by atoms with Crippen LogP contribution in [0.4, 0.5) is 0 Å². The first-order valence-corrected chi connectivity index (χ1v) is 8.31. The van der Waals surface area contributed by atoms with Crippen molar-refractivity contribution in [1.29, 1.82) is 0 Å². The summed E-state index contributed by atoms with van der Waals surface area (Å²) < 4.78 is 0. The fourth-order valence-electron chi connectivity index (χ4n) is 3.67. The number of hydrogen-bond donors (Lipinski definition) is 1. The maximum absolute atomic E-state index is 3.67. The van der Waals surface area contributed by atoms with Crippen LogP contribution < -0.4 is 5.32 Å². The van der Waals surface area contributed by atoms with E-state index in [0.717, 1.165) is 23.7 Å². The van der Waals surface area contributed by atoms with E-state index in [1.54, 1.807) is 0 Å². The molecule has 0 radical (unpaired) electrons. The minimum Gasteiger partial charge on any atom is -0.314 e. The second-order valence-corrected chi connectivity index (χ2v) is 6.84. The highest BCUT2D eigenvalue weighted by Gasteiger charge is 2.32. The summed E-state index contributed by atoms with van der Waals surface area (Å²) in [6.07, 6.45) is 8.60. The van der Waals surface area contributed by atoms with E-state index in [1.165, 1.54) is 45.1 Å². The molecule has 1 N–H and O–H groups in total. The smallest absolute Gasteiger partial charge is 0.00104 e. The van der Waals surface area contributed by atoms with Gasteiger partial charge in [0.25, 0.3) is 0 Å². The van der Waals surface area contributed by atoms with Crippen LogP contribution in [0, 0.1) is 23.7 Å². The van der Waals surface area contributed by atoms with Gasteiger partial charge in [-0.3, -0.25) is 0 Å². The van der Waals surface area contributed by atoms with Crippen LogP contribution in [0.1, 0.15) is 73.1 Å². The molecular formula is C17H35N. The first kappa shape index (κ1) is 16.0. The fraction of sp³-hybridized carbons (Fsp3) is 1.00. The van der Waals surface area contributed by atoms with E-state index in [2.05, 4.69) is 39.9 Å². The lowest BCUT2D eigenvalue weighted by molar-refractivity contribution is 0.117. The Bertz CT molecular complexity index is 212. The van der Waals surface area contributed by atoms with Gasteiger partial charge in [0, 0.05) is 6.04 Å². The second-order valence-electron chi connectivity index (χ2n) is 6.84. The molecule has 1 aliphatic rings. The van der Waals surface area contributed by atoms with Crippen LogP contribution in [0.2, 0.25) is 0 Å². The third-order valence-corrected chi connectivity index (χ3v) is 5.02. The van der Waals surface area contributed by atoms with Gasteiger partial charge in [-0.2, -0.15) is 0 Å². The summed E-state index contributed by atoms with van der Waals surface area (Å²) in [5, 5.41) is 3.67. The van der Waals surface area contributed by atoms with Gasteiger partial charge in [-0.25, -0.2) is 0 Å². The molecule has 0 bridgehead atoms. The Morgan fingerprint density at radius 2 is 1.83 bits per heavy atom. The van der Waals surface area contributed by atoms with Gasteiger partial charge in [0.15, 0.2) is 0 Å². The lowest BCUT2D eigenvalue weighted by atomic mass is 9.67. The molecule has 0 spiro atoms. The Hall–Kier alpha value is -0.0400. The van der Waals surface area contributed by atoms with Crippen molar-refractivity contribution in [1.82, 2.24) is 5.32 Å². The Morgan fingerprint density at radius 3 is 2.39 bits per heavy atom. The average molecular weight is 253 g/mol. The van der Waals surface area contributed by atoms with Crippen LogP contribution in [0.5, 0.6) is 0 Å². The molecule has 1 rings (SSSR count). The van der Waals surface area contributed by atoms with E-state index < -0.39 is 0 Å². The molecule has 1 heteroatoms. The largest absolute Gasteiger partial charge is 0.314 e. The summed E-state index contributed by atoms with van der Waals surface area (Å²) in [5.74, 6) is 3.81. The molecule has 1 fully saturated rings. The maximum Gasteiger partial charge on any atom is 0.00104 e. The third-order valence-electron chi connectivity index (χ3n) is 5.02. The third kappa shape index (κ3) is 4.91. The molecule has 1 aliphatic carbocycles. The first-order chi connectivity index (χ1) is 8.58. The second kappa shape index (κ2) is 8.19. The predicted molar refractivity (Wildman–Crippen MR) is 81.8 cm³/mol. The molecule has 0 aromatic carbocycles. The minimum atomic E-state index is 0.635. The SMILES string of the molecule is CCCC1CCC(CNC(C)C)C(C(C)CC)C1. The first-order valence-electron chi connectivity index (χ1n) is 8.31. The molecule has 1 saturated carbocycles. The fourth-order valence-corrected chi connectivity index (χ4v) is 3.67. The van der Waals surface area contributed by atoms with Gasteiger partial charge in [0.05, 0.1) is 0 Å². The average Bonchev–Trinajstić information content (AvgIpc) is 2.36. The highest BCUT2D eigenvalue weighted by Crippen LogP contribution is 2.40. The Labute approximate surface area is 115 Å². The van der Waals surface area contributed by atoms with Gasteiger partial charge < -0.3 is 5.32 Å².